The van der Waals surface area contributed by atoms with Crippen molar-refractivity contribution in [2.24, 2.45) is 7.05 Å². The van der Waals surface area contributed by atoms with Crippen LogP contribution in [0, 0.1) is 0 Å². The fourth-order valence-corrected chi connectivity index (χ4v) is 4.08. The zero-order valence-corrected chi connectivity index (χ0v) is 15.1. The zero-order chi connectivity index (χ0) is 18.0. The van der Waals surface area contributed by atoms with E-state index in [2.05, 4.69) is 26.5 Å². The summed E-state index contributed by atoms with van der Waals surface area (Å²) in [7, 11) is 1.94. The van der Waals surface area contributed by atoms with Gasteiger partial charge in [0.15, 0.2) is 0 Å². The van der Waals surface area contributed by atoms with E-state index in [1.54, 1.807) is 24.5 Å². The van der Waals surface area contributed by atoms with Gasteiger partial charge in [-0.1, -0.05) is 0 Å². The van der Waals surface area contributed by atoms with Crippen LogP contribution in [0.2, 0.25) is 0 Å². The Balaban J connectivity index is 1.35. The minimum absolute atomic E-state index is 0.0506. The molecule has 1 spiro atoms. The maximum absolute atomic E-state index is 12.4. The molecule has 0 saturated carbocycles. The quantitative estimate of drug-likeness (QED) is 0.897. The van der Waals surface area contributed by atoms with Gasteiger partial charge >= 0.3 is 0 Å². The van der Waals surface area contributed by atoms with Crippen LogP contribution in [0.1, 0.15) is 35.2 Å². The monoisotopic (exact) mass is 355 g/mol. The maximum atomic E-state index is 12.4. The number of hydrogen-bond donors (Lipinski definition) is 1. The number of carbonyl (C=O) groups excluding carboxylic acids is 1. The summed E-state index contributed by atoms with van der Waals surface area (Å²) in [5, 5.41) is 7.41. The van der Waals surface area contributed by atoms with Gasteiger partial charge in [-0.05, 0) is 31.4 Å². The average Bonchev–Trinajstić information content (AvgIpc) is 3.22. The third kappa shape index (κ3) is 3.78. The van der Waals surface area contributed by atoms with Crippen molar-refractivity contribution in [3.8, 4) is 0 Å². The number of amides is 1. The molecule has 1 amide bonds. The topological polar surface area (TPSA) is 72.3 Å². The van der Waals surface area contributed by atoms with Crippen LogP contribution < -0.4 is 5.32 Å². The van der Waals surface area contributed by atoms with E-state index >= 15 is 0 Å². The van der Waals surface area contributed by atoms with E-state index in [1.165, 1.54) is 5.56 Å². The van der Waals surface area contributed by atoms with Crippen molar-refractivity contribution in [3.63, 3.8) is 0 Å². The van der Waals surface area contributed by atoms with Gasteiger partial charge < -0.3 is 10.1 Å². The molecule has 4 heterocycles. The molecule has 7 nitrogen and oxygen atoms in total. The fraction of sp³-hybridized carbons (Fsp3) is 0.526. The van der Waals surface area contributed by atoms with E-state index in [4.69, 9.17) is 4.74 Å². The Kier molecular flexibility index (Phi) is 4.74. The molecule has 0 aromatic carbocycles. The minimum Gasteiger partial charge on any atom is -0.373 e. The second-order valence-electron chi connectivity index (χ2n) is 7.42. The number of pyridine rings is 1. The SMILES string of the molecule is Cn1cc(CN2CC[C@@]3(C[C@H](NC(=O)c4cccnc4)CCO3)C2)cn1. The Morgan fingerprint density at radius 2 is 2.38 bits per heavy atom. The summed E-state index contributed by atoms with van der Waals surface area (Å²) in [6.07, 6.45) is 9.99. The molecule has 2 aliphatic heterocycles. The number of carbonyl (C=O) groups is 1. The molecule has 2 aromatic rings. The van der Waals surface area contributed by atoms with E-state index in [0.29, 0.717) is 12.2 Å². The van der Waals surface area contributed by atoms with Crippen LogP contribution in [0.15, 0.2) is 36.9 Å². The molecular weight excluding hydrogens is 330 g/mol. The summed E-state index contributed by atoms with van der Waals surface area (Å²) in [6, 6.07) is 3.73. The molecule has 2 saturated heterocycles. The van der Waals surface area contributed by atoms with Crippen LogP contribution >= 0.6 is 0 Å². The summed E-state index contributed by atoms with van der Waals surface area (Å²) >= 11 is 0. The van der Waals surface area contributed by atoms with Crippen LogP contribution in [0.3, 0.4) is 0 Å². The summed E-state index contributed by atoms with van der Waals surface area (Å²) in [5.41, 5.74) is 1.69. The Labute approximate surface area is 153 Å². The summed E-state index contributed by atoms with van der Waals surface area (Å²) in [6.45, 7) is 3.50. The standard InChI is InChI=1S/C19H25N5O2/c1-23-12-15(10-21-23)13-24-7-5-19(14-24)9-17(4-8-26-19)22-18(25)16-3-2-6-20-11-16/h2-3,6,10-12,17H,4-5,7-9,13-14H2,1H3,(H,22,25)/t17-,19-/m1/s1. The summed E-state index contributed by atoms with van der Waals surface area (Å²) in [5.74, 6) is -0.0506. The summed E-state index contributed by atoms with van der Waals surface area (Å²) in [4.78, 5) is 18.9. The Morgan fingerprint density at radius 1 is 1.46 bits per heavy atom. The molecule has 2 fully saturated rings. The third-order valence-corrected chi connectivity index (χ3v) is 5.31. The number of ether oxygens (including phenoxy) is 1. The second-order valence-corrected chi connectivity index (χ2v) is 7.42. The number of aromatic nitrogens is 3. The molecule has 2 atom stereocenters. The highest BCUT2D eigenvalue weighted by molar-refractivity contribution is 5.94. The van der Waals surface area contributed by atoms with Gasteiger partial charge in [-0.2, -0.15) is 5.10 Å². The number of aryl methyl sites for hydroxylation is 1. The number of likely N-dealkylation sites (tertiary alicyclic amines) is 1. The van der Waals surface area contributed by atoms with Gasteiger partial charge in [0.25, 0.3) is 5.91 Å². The van der Waals surface area contributed by atoms with Gasteiger partial charge in [0.2, 0.25) is 0 Å². The van der Waals surface area contributed by atoms with Crippen molar-refractivity contribution in [1.82, 2.24) is 25.0 Å². The lowest BCUT2D eigenvalue weighted by molar-refractivity contribution is -0.0793. The Bertz CT molecular complexity index is 762. The maximum Gasteiger partial charge on any atom is 0.253 e. The normalized spacial score (nSPS) is 26.3. The lowest BCUT2D eigenvalue weighted by atomic mass is 9.89. The first-order valence-electron chi connectivity index (χ1n) is 9.17. The molecule has 0 unspecified atom stereocenters. The van der Waals surface area contributed by atoms with Gasteiger partial charge in [-0.25, -0.2) is 0 Å². The average molecular weight is 355 g/mol. The van der Waals surface area contributed by atoms with Gasteiger partial charge in [-0.15, -0.1) is 0 Å². The Morgan fingerprint density at radius 3 is 3.15 bits per heavy atom. The molecule has 138 valence electrons. The first-order valence-corrected chi connectivity index (χ1v) is 9.17. The third-order valence-electron chi connectivity index (χ3n) is 5.31. The van der Waals surface area contributed by atoms with Crippen LogP contribution in [0.5, 0.6) is 0 Å². The highest BCUT2D eigenvalue weighted by Gasteiger charge is 2.43. The smallest absolute Gasteiger partial charge is 0.253 e. The molecule has 0 bridgehead atoms. The van der Waals surface area contributed by atoms with Crippen LogP contribution in [0.4, 0.5) is 0 Å². The highest BCUT2D eigenvalue weighted by Crippen LogP contribution is 2.35. The molecule has 1 N–H and O–H groups in total. The molecule has 7 heteroatoms. The minimum atomic E-state index is -0.145. The predicted molar refractivity (Wildman–Crippen MR) is 96.5 cm³/mol. The number of hydrogen-bond acceptors (Lipinski definition) is 5. The molecule has 4 rings (SSSR count). The second kappa shape index (κ2) is 7.17. The van der Waals surface area contributed by atoms with Gasteiger partial charge in [0, 0.05) is 63.5 Å². The van der Waals surface area contributed by atoms with Crippen molar-refractivity contribution < 1.29 is 9.53 Å². The van der Waals surface area contributed by atoms with E-state index in [1.807, 2.05) is 17.9 Å². The molecule has 0 radical (unpaired) electrons. The van der Waals surface area contributed by atoms with Crippen molar-refractivity contribution in [2.45, 2.75) is 37.5 Å². The molecule has 0 aliphatic carbocycles. The summed E-state index contributed by atoms with van der Waals surface area (Å²) < 4.78 is 8.03. The zero-order valence-electron chi connectivity index (χ0n) is 15.1. The van der Waals surface area contributed by atoms with Crippen molar-refractivity contribution in [2.75, 3.05) is 19.7 Å². The van der Waals surface area contributed by atoms with E-state index in [9.17, 15) is 4.79 Å². The van der Waals surface area contributed by atoms with Gasteiger partial charge in [-0.3, -0.25) is 19.4 Å². The molecule has 2 aromatic heterocycles. The highest BCUT2D eigenvalue weighted by atomic mass is 16.5. The van der Waals surface area contributed by atoms with Crippen molar-refractivity contribution in [1.29, 1.82) is 0 Å². The van der Waals surface area contributed by atoms with Crippen molar-refractivity contribution >= 4 is 5.91 Å². The van der Waals surface area contributed by atoms with E-state index < -0.39 is 0 Å². The van der Waals surface area contributed by atoms with E-state index in [-0.39, 0.29) is 17.6 Å². The van der Waals surface area contributed by atoms with Crippen LogP contribution in [-0.2, 0) is 18.3 Å². The number of nitrogens with zero attached hydrogens (tertiary/aromatic N) is 4. The largest absolute Gasteiger partial charge is 0.373 e. The Hall–Kier alpha value is -2.25. The van der Waals surface area contributed by atoms with Crippen LogP contribution in [-0.4, -0.2) is 56.9 Å². The van der Waals surface area contributed by atoms with Crippen LogP contribution in [0.25, 0.3) is 0 Å². The number of rotatable bonds is 4. The molecule has 26 heavy (non-hydrogen) atoms. The lowest BCUT2D eigenvalue weighted by Gasteiger charge is -2.38. The lowest BCUT2D eigenvalue weighted by Crippen LogP contribution is -2.49. The van der Waals surface area contributed by atoms with Gasteiger partial charge in [0.05, 0.1) is 17.4 Å². The van der Waals surface area contributed by atoms with E-state index in [0.717, 1.165) is 38.9 Å². The molecular formula is C19H25N5O2. The van der Waals surface area contributed by atoms with Crippen molar-refractivity contribution in [3.05, 3.63) is 48.0 Å². The first kappa shape index (κ1) is 17.2. The van der Waals surface area contributed by atoms with Gasteiger partial charge in [0.1, 0.15) is 0 Å². The fourth-order valence-electron chi connectivity index (χ4n) is 4.08. The first-order chi connectivity index (χ1) is 12.6. The predicted octanol–water partition coefficient (Wildman–Crippen LogP) is 1.37. The number of nitrogens with one attached hydrogen (secondary N) is 1. The molecule has 2 aliphatic rings.